The molecular formula is C11H19ClN-. The summed E-state index contributed by atoms with van der Waals surface area (Å²) in [6, 6.07) is 0. The minimum absolute atomic E-state index is 0. The molecule has 0 aromatic heterocycles. The summed E-state index contributed by atoms with van der Waals surface area (Å²) < 4.78 is 0. The van der Waals surface area contributed by atoms with Gasteiger partial charge in [0.25, 0.3) is 0 Å². The molecule has 0 amide bonds. The Morgan fingerprint density at radius 2 is 1.77 bits per heavy atom. The fourth-order valence-electron chi connectivity index (χ4n) is 2.01. The van der Waals surface area contributed by atoms with E-state index < -0.39 is 0 Å². The highest BCUT2D eigenvalue weighted by atomic mass is 35.5. The van der Waals surface area contributed by atoms with Crippen molar-refractivity contribution in [2.45, 2.75) is 37.6 Å². The third kappa shape index (κ3) is 3.53. The maximum absolute atomic E-state index is 3.81. The van der Waals surface area contributed by atoms with Gasteiger partial charge in [-0.05, 0) is 32.2 Å². The van der Waals surface area contributed by atoms with E-state index in [0.717, 1.165) is 19.4 Å². The Morgan fingerprint density at radius 1 is 1.15 bits per heavy atom. The molecule has 0 radical (unpaired) electrons. The van der Waals surface area contributed by atoms with Gasteiger partial charge in [-0.15, -0.1) is 13.2 Å². The predicted molar refractivity (Wildman–Crippen MR) is 54.2 cm³/mol. The van der Waals surface area contributed by atoms with Gasteiger partial charge in [-0.1, -0.05) is 18.6 Å². The SMILES string of the molecule is C=CCC1(CC=C)CCCCN1.[Cl-]. The van der Waals surface area contributed by atoms with Gasteiger partial charge in [0.05, 0.1) is 0 Å². The van der Waals surface area contributed by atoms with Gasteiger partial charge in [-0.3, -0.25) is 0 Å². The summed E-state index contributed by atoms with van der Waals surface area (Å²) in [6.07, 6.45) is 10.1. The highest BCUT2D eigenvalue weighted by Gasteiger charge is 2.28. The molecule has 1 aliphatic rings. The lowest BCUT2D eigenvalue weighted by atomic mass is 9.83. The van der Waals surface area contributed by atoms with Crippen molar-refractivity contribution < 1.29 is 12.4 Å². The summed E-state index contributed by atoms with van der Waals surface area (Å²) in [5.74, 6) is 0. The van der Waals surface area contributed by atoms with Crippen molar-refractivity contribution in [2.24, 2.45) is 0 Å². The van der Waals surface area contributed by atoms with Crippen LogP contribution >= 0.6 is 0 Å². The quantitative estimate of drug-likeness (QED) is 0.613. The third-order valence-corrected chi connectivity index (χ3v) is 2.65. The number of nitrogens with one attached hydrogen (secondary N) is 1. The van der Waals surface area contributed by atoms with Gasteiger partial charge in [0.2, 0.25) is 0 Å². The van der Waals surface area contributed by atoms with E-state index in [1.807, 2.05) is 12.2 Å². The van der Waals surface area contributed by atoms with Gasteiger partial charge >= 0.3 is 0 Å². The Labute approximate surface area is 87.7 Å². The fraction of sp³-hybridized carbons (Fsp3) is 0.636. The van der Waals surface area contributed by atoms with E-state index in [1.165, 1.54) is 19.3 Å². The molecule has 13 heavy (non-hydrogen) atoms. The second-order valence-electron chi connectivity index (χ2n) is 3.65. The molecule has 0 unspecified atom stereocenters. The fourth-order valence-corrected chi connectivity index (χ4v) is 2.01. The number of hydrogen-bond acceptors (Lipinski definition) is 1. The minimum atomic E-state index is 0. The number of halogens is 1. The first-order valence-electron chi connectivity index (χ1n) is 4.80. The van der Waals surface area contributed by atoms with E-state index in [4.69, 9.17) is 0 Å². The normalized spacial score (nSPS) is 20.0. The van der Waals surface area contributed by atoms with Gasteiger partial charge in [0, 0.05) is 5.54 Å². The summed E-state index contributed by atoms with van der Waals surface area (Å²) in [6.45, 7) is 8.77. The van der Waals surface area contributed by atoms with Crippen molar-refractivity contribution in [3.63, 3.8) is 0 Å². The molecule has 2 heteroatoms. The zero-order valence-corrected chi connectivity index (χ0v) is 8.95. The van der Waals surface area contributed by atoms with Crippen LogP contribution in [0.2, 0.25) is 0 Å². The lowest BCUT2D eigenvalue weighted by Crippen LogP contribution is -3.00. The summed E-state index contributed by atoms with van der Waals surface area (Å²) in [7, 11) is 0. The van der Waals surface area contributed by atoms with Crippen LogP contribution in [0.15, 0.2) is 25.3 Å². The van der Waals surface area contributed by atoms with Crippen molar-refractivity contribution in [1.82, 2.24) is 5.32 Å². The highest BCUT2D eigenvalue weighted by Crippen LogP contribution is 2.26. The van der Waals surface area contributed by atoms with Crippen molar-refractivity contribution in [3.8, 4) is 0 Å². The molecule has 0 spiro atoms. The molecule has 1 fully saturated rings. The molecule has 0 aliphatic carbocycles. The summed E-state index contributed by atoms with van der Waals surface area (Å²) in [5, 5.41) is 3.59. The Hall–Kier alpha value is -0.270. The number of hydrogen-bond donors (Lipinski definition) is 1. The maximum Gasteiger partial charge on any atom is 0.0250 e. The average molecular weight is 201 g/mol. The van der Waals surface area contributed by atoms with Gasteiger partial charge in [-0.25, -0.2) is 0 Å². The van der Waals surface area contributed by atoms with E-state index in [1.54, 1.807) is 0 Å². The van der Waals surface area contributed by atoms with Crippen molar-refractivity contribution in [1.29, 1.82) is 0 Å². The average Bonchev–Trinajstić information content (AvgIpc) is 2.07. The van der Waals surface area contributed by atoms with Crippen molar-refractivity contribution >= 4 is 0 Å². The number of piperidine rings is 1. The monoisotopic (exact) mass is 200 g/mol. The smallest absolute Gasteiger partial charge is 0.0250 e. The predicted octanol–water partition coefficient (Wildman–Crippen LogP) is -0.345. The minimum Gasteiger partial charge on any atom is -1.00 e. The molecule has 76 valence electrons. The first kappa shape index (κ1) is 12.7. The highest BCUT2D eigenvalue weighted by molar-refractivity contribution is 4.99. The first-order chi connectivity index (χ1) is 5.83. The Balaban J connectivity index is 0.00000144. The van der Waals surface area contributed by atoms with Crippen LogP contribution < -0.4 is 17.7 Å². The van der Waals surface area contributed by atoms with Crippen molar-refractivity contribution in [3.05, 3.63) is 25.3 Å². The van der Waals surface area contributed by atoms with Gasteiger partial charge in [0.1, 0.15) is 0 Å². The van der Waals surface area contributed by atoms with Crippen LogP contribution in [0.25, 0.3) is 0 Å². The molecule has 1 heterocycles. The molecule has 1 rings (SSSR count). The summed E-state index contributed by atoms with van der Waals surface area (Å²) >= 11 is 0. The van der Waals surface area contributed by atoms with Crippen LogP contribution in [0, 0.1) is 0 Å². The van der Waals surface area contributed by atoms with Gasteiger partial charge in [-0.2, -0.15) is 0 Å². The largest absolute Gasteiger partial charge is 1.00 e. The van der Waals surface area contributed by atoms with E-state index in [2.05, 4.69) is 18.5 Å². The lowest BCUT2D eigenvalue weighted by molar-refractivity contribution is -0.00000305. The third-order valence-electron chi connectivity index (χ3n) is 2.65. The molecule has 0 aromatic rings. The topological polar surface area (TPSA) is 12.0 Å². The zero-order valence-electron chi connectivity index (χ0n) is 8.19. The van der Waals surface area contributed by atoms with Gasteiger partial charge in [0.15, 0.2) is 0 Å². The van der Waals surface area contributed by atoms with E-state index in [-0.39, 0.29) is 12.4 Å². The van der Waals surface area contributed by atoms with E-state index >= 15 is 0 Å². The summed E-state index contributed by atoms with van der Waals surface area (Å²) in [4.78, 5) is 0. The Kier molecular flexibility index (Phi) is 6.10. The van der Waals surface area contributed by atoms with E-state index in [9.17, 15) is 0 Å². The zero-order chi connectivity index (χ0) is 8.86. The molecule has 0 bridgehead atoms. The second-order valence-corrected chi connectivity index (χ2v) is 3.65. The first-order valence-corrected chi connectivity index (χ1v) is 4.80. The standard InChI is InChI=1S/C11H19N.ClH/c1-3-7-11(8-4-2)9-5-6-10-12-11;/h3-4,12H,1-2,5-10H2;1H/p-1. The van der Waals surface area contributed by atoms with Crippen LogP contribution in [0.3, 0.4) is 0 Å². The van der Waals surface area contributed by atoms with E-state index in [0.29, 0.717) is 5.54 Å². The second kappa shape index (κ2) is 6.22. The molecule has 0 saturated carbocycles. The molecule has 0 aromatic carbocycles. The van der Waals surface area contributed by atoms with Gasteiger partial charge < -0.3 is 17.7 Å². The molecular weight excluding hydrogens is 182 g/mol. The van der Waals surface area contributed by atoms with Crippen molar-refractivity contribution in [2.75, 3.05) is 6.54 Å². The Bertz CT molecular complexity index is 147. The molecule has 1 saturated heterocycles. The van der Waals surface area contributed by atoms with Crippen LogP contribution in [0.5, 0.6) is 0 Å². The molecule has 1 nitrogen and oxygen atoms in total. The lowest BCUT2D eigenvalue weighted by Gasteiger charge is -2.37. The molecule has 1 aliphatic heterocycles. The summed E-state index contributed by atoms with van der Waals surface area (Å²) in [5.41, 5.74) is 0.293. The molecule has 0 atom stereocenters. The van der Waals surface area contributed by atoms with Crippen LogP contribution in [0.1, 0.15) is 32.1 Å². The number of rotatable bonds is 4. The maximum atomic E-state index is 3.81. The Morgan fingerprint density at radius 3 is 2.15 bits per heavy atom. The van der Waals surface area contributed by atoms with Crippen LogP contribution in [0.4, 0.5) is 0 Å². The van der Waals surface area contributed by atoms with Crippen LogP contribution in [-0.4, -0.2) is 12.1 Å². The molecule has 1 N–H and O–H groups in total. The van der Waals surface area contributed by atoms with Crippen LogP contribution in [-0.2, 0) is 0 Å².